The highest BCUT2D eigenvalue weighted by molar-refractivity contribution is 6.00. The van der Waals surface area contributed by atoms with Crippen LogP contribution in [0, 0.1) is 0 Å². The van der Waals surface area contributed by atoms with Crippen molar-refractivity contribution in [3.8, 4) is 0 Å². The van der Waals surface area contributed by atoms with E-state index in [2.05, 4.69) is 4.74 Å². The molecule has 0 radical (unpaired) electrons. The molecule has 4 nitrogen and oxygen atoms in total. The van der Waals surface area contributed by atoms with Crippen LogP contribution in [0.15, 0.2) is 24.3 Å². The van der Waals surface area contributed by atoms with Crippen LogP contribution in [0.1, 0.15) is 34.1 Å². The maximum absolute atomic E-state index is 11.9. The fourth-order valence-electron chi connectivity index (χ4n) is 1.53. The highest BCUT2D eigenvalue weighted by Crippen LogP contribution is 2.11. The summed E-state index contributed by atoms with van der Waals surface area (Å²) in [5, 5.41) is 0. The number of methoxy groups -OCH3 is 2. The van der Waals surface area contributed by atoms with Crippen LogP contribution in [0.2, 0.25) is 0 Å². The summed E-state index contributed by atoms with van der Waals surface area (Å²) in [5.41, 5.74) is 0.959. The van der Waals surface area contributed by atoms with Gasteiger partial charge in [0.1, 0.15) is 6.10 Å². The SMILES string of the molecule is CCC(OC)C(=O)c1ccc(C(=O)OC)cc1. The first kappa shape index (κ1) is 13.4. The smallest absolute Gasteiger partial charge is 0.337 e. The lowest BCUT2D eigenvalue weighted by Crippen LogP contribution is -2.22. The predicted molar refractivity (Wildman–Crippen MR) is 63.2 cm³/mol. The van der Waals surface area contributed by atoms with E-state index in [0.717, 1.165) is 0 Å². The van der Waals surface area contributed by atoms with E-state index in [9.17, 15) is 9.59 Å². The lowest BCUT2D eigenvalue weighted by molar-refractivity contribution is 0.0588. The summed E-state index contributed by atoms with van der Waals surface area (Å²) in [6.07, 6.45) is 0.188. The van der Waals surface area contributed by atoms with Gasteiger partial charge in [-0.05, 0) is 18.6 Å². The minimum absolute atomic E-state index is 0.0774. The molecule has 0 aliphatic carbocycles. The van der Waals surface area contributed by atoms with Crippen LogP contribution in [-0.2, 0) is 9.47 Å². The molecule has 0 aliphatic heterocycles. The Balaban J connectivity index is 2.87. The lowest BCUT2D eigenvalue weighted by Gasteiger charge is -2.11. The summed E-state index contributed by atoms with van der Waals surface area (Å²) in [4.78, 5) is 23.1. The van der Waals surface area contributed by atoms with Crippen molar-refractivity contribution in [2.24, 2.45) is 0 Å². The average Bonchev–Trinajstić information content (AvgIpc) is 2.39. The molecule has 0 heterocycles. The van der Waals surface area contributed by atoms with Crippen LogP contribution in [0.25, 0.3) is 0 Å². The molecule has 1 unspecified atom stereocenters. The molecule has 0 saturated carbocycles. The van der Waals surface area contributed by atoms with Gasteiger partial charge in [-0.2, -0.15) is 0 Å². The molecule has 17 heavy (non-hydrogen) atoms. The first-order valence-corrected chi connectivity index (χ1v) is 5.39. The van der Waals surface area contributed by atoms with E-state index in [0.29, 0.717) is 17.5 Å². The normalized spacial score (nSPS) is 11.9. The van der Waals surface area contributed by atoms with E-state index in [1.165, 1.54) is 14.2 Å². The second-order valence-corrected chi connectivity index (χ2v) is 3.57. The predicted octanol–water partition coefficient (Wildman–Crippen LogP) is 2.08. The fraction of sp³-hybridized carbons (Fsp3) is 0.385. The largest absolute Gasteiger partial charge is 0.465 e. The molecular formula is C13H16O4. The van der Waals surface area contributed by atoms with Gasteiger partial charge < -0.3 is 9.47 Å². The molecule has 0 bridgehead atoms. The summed E-state index contributed by atoms with van der Waals surface area (Å²) in [6, 6.07) is 6.36. The van der Waals surface area contributed by atoms with E-state index in [1.807, 2.05) is 6.92 Å². The number of hydrogen-bond acceptors (Lipinski definition) is 4. The van der Waals surface area contributed by atoms with Crippen LogP contribution in [0.3, 0.4) is 0 Å². The van der Waals surface area contributed by atoms with E-state index < -0.39 is 12.1 Å². The Bertz CT molecular complexity index is 390. The molecule has 1 aromatic rings. The van der Waals surface area contributed by atoms with E-state index in [1.54, 1.807) is 24.3 Å². The monoisotopic (exact) mass is 236 g/mol. The van der Waals surface area contributed by atoms with Crippen molar-refractivity contribution in [2.75, 3.05) is 14.2 Å². The van der Waals surface area contributed by atoms with Crippen LogP contribution in [0.4, 0.5) is 0 Å². The van der Waals surface area contributed by atoms with Gasteiger partial charge in [-0.25, -0.2) is 4.79 Å². The number of benzene rings is 1. The molecule has 1 rings (SSSR count). The van der Waals surface area contributed by atoms with Gasteiger partial charge in [-0.3, -0.25) is 4.79 Å². The zero-order chi connectivity index (χ0) is 12.8. The summed E-state index contributed by atoms with van der Waals surface area (Å²) in [6.45, 7) is 1.88. The average molecular weight is 236 g/mol. The van der Waals surface area contributed by atoms with Crippen molar-refractivity contribution in [2.45, 2.75) is 19.4 Å². The molecule has 0 aromatic heterocycles. The van der Waals surface area contributed by atoms with Crippen molar-refractivity contribution in [3.05, 3.63) is 35.4 Å². The maximum atomic E-state index is 11.9. The molecule has 0 aliphatic rings. The quantitative estimate of drug-likeness (QED) is 0.580. The minimum Gasteiger partial charge on any atom is -0.465 e. The highest BCUT2D eigenvalue weighted by atomic mass is 16.5. The van der Waals surface area contributed by atoms with Gasteiger partial charge in [0, 0.05) is 12.7 Å². The van der Waals surface area contributed by atoms with Gasteiger partial charge in [-0.1, -0.05) is 19.1 Å². The first-order valence-electron chi connectivity index (χ1n) is 5.39. The Morgan fingerprint density at radius 2 is 1.65 bits per heavy atom. The van der Waals surface area contributed by atoms with Crippen LogP contribution in [-0.4, -0.2) is 32.1 Å². The third kappa shape index (κ3) is 3.14. The van der Waals surface area contributed by atoms with E-state index >= 15 is 0 Å². The molecule has 92 valence electrons. The zero-order valence-electron chi connectivity index (χ0n) is 10.2. The van der Waals surface area contributed by atoms with Crippen LogP contribution in [0.5, 0.6) is 0 Å². The van der Waals surface area contributed by atoms with Crippen molar-refractivity contribution in [1.82, 2.24) is 0 Å². The number of ether oxygens (including phenoxy) is 2. The fourth-order valence-corrected chi connectivity index (χ4v) is 1.53. The van der Waals surface area contributed by atoms with Crippen LogP contribution >= 0.6 is 0 Å². The Kier molecular flexibility index (Phi) is 4.84. The number of hydrogen-bond donors (Lipinski definition) is 0. The van der Waals surface area contributed by atoms with Gasteiger partial charge in [0.05, 0.1) is 12.7 Å². The van der Waals surface area contributed by atoms with E-state index in [-0.39, 0.29) is 5.78 Å². The van der Waals surface area contributed by atoms with Gasteiger partial charge in [0.15, 0.2) is 5.78 Å². The van der Waals surface area contributed by atoms with Crippen LogP contribution < -0.4 is 0 Å². The number of Topliss-reactive ketones (excluding diaryl/α,β-unsaturated/α-hetero) is 1. The summed E-state index contributed by atoms with van der Waals surface area (Å²) >= 11 is 0. The number of esters is 1. The first-order chi connectivity index (χ1) is 8.13. The second-order valence-electron chi connectivity index (χ2n) is 3.57. The molecule has 0 saturated heterocycles. The molecule has 1 atom stereocenters. The molecule has 0 spiro atoms. The second kappa shape index (κ2) is 6.15. The Hall–Kier alpha value is -1.68. The topological polar surface area (TPSA) is 52.6 Å². The van der Waals surface area contributed by atoms with Gasteiger partial charge in [-0.15, -0.1) is 0 Å². The third-order valence-corrected chi connectivity index (χ3v) is 2.54. The Morgan fingerprint density at radius 3 is 2.06 bits per heavy atom. The summed E-state index contributed by atoms with van der Waals surface area (Å²) in [5.74, 6) is -0.491. The van der Waals surface area contributed by atoms with Crippen molar-refractivity contribution in [3.63, 3.8) is 0 Å². The lowest BCUT2D eigenvalue weighted by atomic mass is 10.0. The van der Waals surface area contributed by atoms with Gasteiger partial charge in [0.2, 0.25) is 0 Å². The van der Waals surface area contributed by atoms with Crippen molar-refractivity contribution < 1.29 is 19.1 Å². The highest BCUT2D eigenvalue weighted by Gasteiger charge is 2.17. The number of ketones is 1. The zero-order valence-corrected chi connectivity index (χ0v) is 10.2. The summed E-state index contributed by atoms with van der Waals surface area (Å²) < 4.78 is 9.65. The molecule has 0 amide bonds. The van der Waals surface area contributed by atoms with E-state index in [4.69, 9.17) is 4.74 Å². The van der Waals surface area contributed by atoms with Gasteiger partial charge in [0.25, 0.3) is 0 Å². The summed E-state index contributed by atoms with van der Waals surface area (Å²) in [7, 11) is 2.83. The number of carbonyl (C=O) groups is 2. The molecule has 4 heteroatoms. The van der Waals surface area contributed by atoms with Crippen molar-refractivity contribution >= 4 is 11.8 Å². The Morgan fingerprint density at radius 1 is 1.12 bits per heavy atom. The minimum atomic E-state index is -0.432. The van der Waals surface area contributed by atoms with Gasteiger partial charge >= 0.3 is 5.97 Å². The maximum Gasteiger partial charge on any atom is 0.337 e. The molecule has 1 aromatic carbocycles. The standard InChI is InChI=1S/C13H16O4/c1-4-11(16-2)12(14)9-5-7-10(8-6-9)13(15)17-3/h5-8,11H,4H2,1-3H3. The number of carbonyl (C=O) groups excluding carboxylic acids is 2. The van der Waals surface area contributed by atoms with Crippen molar-refractivity contribution in [1.29, 1.82) is 0 Å². The molecule has 0 fully saturated rings. The number of rotatable bonds is 5. The third-order valence-electron chi connectivity index (χ3n) is 2.54. The Labute approximate surface area is 101 Å². The molecular weight excluding hydrogens is 220 g/mol. The molecule has 0 N–H and O–H groups in total.